The van der Waals surface area contributed by atoms with Crippen LogP contribution >= 0.6 is 0 Å². The first-order valence-electron chi connectivity index (χ1n) is 7.86. The number of nitrogens with one attached hydrogen (secondary N) is 1. The van der Waals surface area contributed by atoms with E-state index in [-0.39, 0.29) is 16.8 Å². The lowest BCUT2D eigenvalue weighted by Gasteiger charge is -2.24. The second-order valence-corrected chi connectivity index (χ2v) is 7.70. The lowest BCUT2D eigenvalue weighted by atomic mass is 10.1. The molecule has 3 N–H and O–H groups in total. The monoisotopic (exact) mass is 361 g/mol. The van der Waals surface area contributed by atoms with Gasteiger partial charge in [-0.1, -0.05) is 29.8 Å². The number of amides is 1. The molecule has 6 nitrogen and oxygen atoms in total. The van der Waals surface area contributed by atoms with Gasteiger partial charge in [0.25, 0.3) is 0 Å². The minimum absolute atomic E-state index is 0.00929. The first-order valence-corrected chi connectivity index (χ1v) is 9.41. The first kappa shape index (κ1) is 19.1. The van der Waals surface area contributed by atoms with Gasteiger partial charge < -0.3 is 5.32 Å². The molecule has 2 aromatic carbocycles. The lowest BCUT2D eigenvalue weighted by Crippen LogP contribution is -2.39. The van der Waals surface area contributed by atoms with Gasteiger partial charge in [0.15, 0.2) is 0 Å². The Balaban J connectivity index is 1.98. The third-order valence-corrected chi connectivity index (χ3v) is 4.97. The van der Waals surface area contributed by atoms with Crippen molar-refractivity contribution in [3.05, 3.63) is 59.7 Å². The number of hydrogen-bond donors (Lipinski definition) is 2. The normalized spacial score (nSPS) is 12.8. The van der Waals surface area contributed by atoms with Gasteiger partial charge in [0.05, 0.1) is 10.9 Å². The van der Waals surface area contributed by atoms with Crippen LogP contribution in [0.25, 0.3) is 0 Å². The highest BCUT2D eigenvalue weighted by molar-refractivity contribution is 7.89. The molecule has 0 heterocycles. The van der Waals surface area contributed by atoms with E-state index >= 15 is 0 Å². The molecule has 0 unspecified atom stereocenters. The number of primary sulfonamides is 1. The summed E-state index contributed by atoms with van der Waals surface area (Å²) in [5, 5.41) is 7.84. The summed E-state index contributed by atoms with van der Waals surface area (Å²) in [7, 11) is -1.85. The quantitative estimate of drug-likeness (QED) is 0.824. The maximum Gasteiger partial charge on any atom is 0.241 e. The van der Waals surface area contributed by atoms with Crippen LogP contribution in [0.3, 0.4) is 0 Å². The molecule has 2 aromatic rings. The molecule has 1 atom stereocenters. The molecule has 0 radical (unpaired) electrons. The summed E-state index contributed by atoms with van der Waals surface area (Å²) in [6.45, 7) is 4.51. The minimum atomic E-state index is -3.74. The fraction of sp³-hybridized carbons (Fsp3) is 0.278. The Labute approximate surface area is 148 Å². The largest absolute Gasteiger partial charge is 0.325 e. The Morgan fingerprint density at radius 1 is 1.12 bits per heavy atom. The van der Waals surface area contributed by atoms with E-state index in [1.54, 1.807) is 0 Å². The number of anilines is 1. The van der Waals surface area contributed by atoms with Gasteiger partial charge in [-0.3, -0.25) is 9.69 Å². The highest BCUT2D eigenvalue weighted by Crippen LogP contribution is 2.14. The van der Waals surface area contributed by atoms with Crippen molar-refractivity contribution >= 4 is 21.6 Å². The Kier molecular flexibility index (Phi) is 5.94. The van der Waals surface area contributed by atoms with Gasteiger partial charge in [-0.05, 0) is 50.7 Å². The van der Waals surface area contributed by atoms with E-state index in [0.29, 0.717) is 12.2 Å². The smallest absolute Gasteiger partial charge is 0.241 e. The molecular weight excluding hydrogens is 338 g/mol. The van der Waals surface area contributed by atoms with E-state index in [0.717, 1.165) is 5.56 Å². The molecule has 0 saturated heterocycles. The van der Waals surface area contributed by atoms with Crippen molar-refractivity contribution in [2.45, 2.75) is 31.3 Å². The number of nitrogens with zero attached hydrogens (tertiary/aromatic N) is 1. The van der Waals surface area contributed by atoms with E-state index in [9.17, 15) is 13.2 Å². The average Bonchev–Trinajstić information content (AvgIpc) is 2.55. The Hall–Kier alpha value is -2.22. The molecular formula is C18H23N3O3S. The van der Waals surface area contributed by atoms with Crippen molar-refractivity contribution in [2.75, 3.05) is 12.4 Å². The van der Waals surface area contributed by atoms with Gasteiger partial charge in [-0.2, -0.15) is 0 Å². The highest BCUT2D eigenvalue weighted by Gasteiger charge is 2.18. The molecule has 7 heteroatoms. The fourth-order valence-corrected chi connectivity index (χ4v) is 2.81. The number of likely N-dealkylation sites (N-methyl/N-ethyl adjacent to an activating group) is 1. The number of rotatable bonds is 6. The van der Waals surface area contributed by atoms with Crippen molar-refractivity contribution < 1.29 is 13.2 Å². The van der Waals surface area contributed by atoms with Crippen molar-refractivity contribution in [1.82, 2.24) is 4.90 Å². The molecule has 0 spiro atoms. The molecule has 0 aliphatic heterocycles. The Bertz CT molecular complexity index is 831. The van der Waals surface area contributed by atoms with E-state index in [4.69, 9.17) is 5.14 Å². The molecule has 0 saturated carbocycles. The minimum Gasteiger partial charge on any atom is -0.325 e. The number of nitrogens with two attached hydrogens (primary N) is 1. The molecule has 0 aromatic heterocycles. The van der Waals surface area contributed by atoms with Crippen molar-refractivity contribution in [3.63, 3.8) is 0 Å². The van der Waals surface area contributed by atoms with Gasteiger partial charge in [0.1, 0.15) is 0 Å². The predicted octanol–water partition coefficient (Wildman–Crippen LogP) is 2.10. The fourth-order valence-electron chi connectivity index (χ4n) is 2.29. The summed E-state index contributed by atoms with van der Waals surface area (Å²) < 4.78 is 22.5. The second-order valence-electron chi connectivity index (χ2n) is 6.14. The number of aryl methyl sites for hydroxylation is 1. The molecule has 1 amide bonds. The van der Waals surface area contributed by atoms with Crippen LogP contribution in [0.5, 0.6) is 0 Å². The van der Waals surface area contributed by atoms with Crippen LogP contribution in [0.1, 0.15) is 18.1 Å². The number of hydrogen-bond acceptors (Lipinski definition) is 4. The molecule has 0 bridgehead atoms. The lowest BCUT2D eigenvalue weighted by molar-refractivity contribution is -0.120. The van der Waals surface area contributed by atoms with E-state index in [2.05, 4.69) is 5.32 Å². The summed E-state index contributed by atoms with van der Waals surface area (Å²) in [6, 6.07) is 13.6. The van der Waals surface area contributed by atoms with Gasteiger partial charge in [-0.15, -0.1) is 0 Å². The number of carbonyl (C=O) groups excluding carboxylic acids is 1. The maximum atomic E-state index is 12.4. The van der Waals surface area contributed by atoms with Crippen LogP contribution in [0, 0.1) is 6.92 Å². The van der Waals surface area contributed by atoms with Crippen LogP contribution in [-0.2, 0) is 21.4 Å². The zero-order valence-corrected chi connectivity index (χ0v) is 15.4. The van der Waals surface area contributed by atoms with Crippen LogP contribution in [-0.4, -0.2) is 32.3 Å². The van der Waals surface area contributed by atoms with E-state index < -0.39 is 10.0 Å². The van der Waals surface area contributed by atoms with Crippen molar-refractivity contribution in [2.24, 2.45) is 5.14 Å². The number of sulfonamides is 1. The molecule has 134 valence electrons. The SMILES string of the molecule is Cc1ccc(CN(C)[C@H](C)C(=O)Nc2ccc(S(N)(=O)=O)cc2)cc1. The van der Waals surface area contributed by atoms with E-state index in [1.807, 2.05) is 50.1 Å². The zero-order valence-electron chi connectivity index (χ0n) is 14.6. The van der Waals surface area contributed by atoms with Crippen LogP contribution in [0.4, 0.5) is 5.69 Å². The summed E-state index contributed by atoms with van der Waals surface area (Å²) in [5.41, 5.74) is 2.85. The third-order valence-electron chi connectivity index (χ3n) is 4.04. The van der Waals surface area contributed by atoms with Crippen LogP contribution in [0.2, 0.25) is 0 Å². The van der Waals surface area contributed by atoms with Crippen molar-refractivity contribution in [1.29, 1.82) is 0 Å². The first-order chi connectivity index (χ1) is 11.7. The van der Waals surface area contributed by atoms with Gasteiger partial charge >= 0.3 is 0 Å². The van der Waals surface area contributed by atoms with Gasteiger partial charge in [0, 0.05) is 12.2 Å². The molecule has 0 fully saturated rings. The van der Waals surface area contributed by atoms with Gasteiger partial charge in [0.2, 0.25) is 15.9 Å². The Morgan fingerprint density at radius 2 is 1.68 bits per heavy atom. The number of carbonyl (C=O) groups is 1. The summed E-state index contributed by atoms with van der Waals surface area (Å²) in [5.74, 6) is -0.169. The van der Waals surface area contributed by atoms with Gasteiger partial charge in [-0.25, -0.2) is 13.6 Å². The summed E-state index contributed by atoms with van der Waals surface area (Å²) in [4.78, 5) is 14.3. The summed E-state index contributed by atoms with van der Waals surface area (Å²) >= 11 is 0. The second kappa shape index (κ2) is 7.77. The third kappa shape index (κ3) is 5.38. The number of benzene rings is 2. The van der Waals surface area contributed by atoms with Crippen LogP contribution < -0.4 is 10.5 Å². The van der Waals surface area contributed by atoms with E-state index in [1.165, 1.54) is 29.8 Å². The molecule has 0 aliphatic carbocycles. The zero-order chi connectivity index (χ0) is 18.6. The van der Waals surface area contributed by atoms with Crippen molar-refractivity contribution in [3.8, 4) is 0 Å². The Morgan fingerprint density at radius 3 is 2.20 bits per heavy atom. The van der Waals surface area contributed by atoms with Crippen LogP contribution in [0.15, 0.2) is 53.4 Å². The standard InChI is InChI=1S/C18H23N3O3S/c1-13-4-6-15(7-5-13)12-21(3)14(2)18(22)20-16-8-10-17(11-9-16)25(19,23)24/h4-11,14H,12H2,1-3H3,(H,20,22)(H2,19,23,24)/t14-/m1/s1. The molecule has 2 rings (SSSR count). The highest BCUT2D eigenvalue weighted by atomic mass is 32.2. The summed E-state index contributed by atoms with van der Waals surface area (Å²) in [6.07, 6.45) is 0. The topological polar surface area (TPSA) is 92.5 Å². The average molecular weight is 361 g/mol. The predicted molar refractivity (Wildman–Crippen MR) is 98.6 cm³/mol. The molecule has 25 heavy (non-hydrogen) atoms. The molecule has 0 aliphatic rings. The maximum absolute atomic E-state index is 12.4.